The van der Waals surface area contributed by atoms with Gasteiger partial charge in [-0.05, 0) is 78.6 Å². The van der Waals surface area contributed by atoms with Gasteiger partial charge < -0.3 is 19.3 Å². The average Bonchev–Trinajstić information content (AvgIpc) is 3.43. The Morgan fingerprint density at radius 2 is 0.979 bits per heavy atom. The van der Waals surface area contributed by atoms with Crippen LogP contribution in [-0.2, 0) is 9.47 Å². The zero-order valence-electron chi connectivity index (χ0n) is 28.9. The van der Waals surface area contributed by atoms with E-state index in [2.05, 4.69) is 20.0 Å². The average molecular weight is 661 g/mol. The topological polar surface area (TPSA) is 127 Å². The monoisotopic (exact) mass is 660 g/mol. The number of aromatic nitrogens is 6. The van der Waals surface area contributed by atoms with Gasteiger partial charge in [0.2, 0.25) is 0 Å². The summed E-state index contributed by atoms with van der Waals surface area (Å²) in [4.78, 5) is 34.7. The van der Waals surface area contributed by atoms with E-state index in [0.717, 1.165) is 34.9 Å². The summed E-state index contributed by atoms with van der Waals surface area (Å²) in [6.45, 7) is 16.1. The number of amides is 2. The molecule has 2 aliphatic heterocycles. The third-order valence-electron chi connectivity index (χ3n) is 8.64. The zero-order chi connectivity index (χ0) is 34.1. The number of hydrogen-bond acceptors (Lipinski definition) is 10. The number of carbonyl (C=O) groups is 2. The molecule has 2 aliphatic rings. The molecule has 2 unspecified atom stereocenters. The van der Waals surface area contributed by atoms with Gasteiger partial charge >= 0.3 is 12.2 Å². The summed E-state index contributed by atoms with van der Waals surface area (Å²) in [6.07, 6.45) is 0.129. The first kappa shape index (κ1) is 33.6. The van der Waals surface area contributed by atoms with E-state index in [1.165, 1.54) is 0 Å². The van der Waals surface area contributed by atoms with Crippen LogP contribution in [0.25, 0.3) is 22.1 Å². The van der Waals surface area contributed by atoms with E-state index in [9.17, 15) is 9.59 Å². The van der Waals surface area contributed by atoms with Crippen LogP contribution in [0.5, 0.6) is 0 Å². The fourth-order valence-corrected chi connectivity index (χ4v) is 6.53. The Bertz CT molecular complexity index is 1600. The van der Waals surface area contributed by atoms with Crippen LogP contribution in [0, 0.1) is 0 Å². The van der Waals surface area contributed by atoms with Crippen molar-refractivity contribution < 1.29 is 19.1 Å². The second kappa shape index (κ2) is 13.7. The molecule has 2 saturated heterocycles. The van der Waals surface area contributed by atoms with Crippen molar-refractivity contribution in [2.45, 2.75) is 77.9 Å². The molecule has 2 fully saturated rings. The van der Waals surface area contributed by atoms with Gasteiger partial charge in [-0.15, -0.1) is 10.2 Å². The maximum atomic E-state index is 13.2. The number of rotatable bonds is 5. The molecule has 48 heavy (non-hydrogen) atoms. The molecule has 4 heterocycles. The minimum absolute atomic E-state index is 0.305. The predicted molar refractivity (Wildman–Crippen MR) is 181 cm³/mol. The van der Waals surface area contributed by atoms with Gasteiger partial charge in [-0.3, -0.25) is 9.80 Å². The van der Waals surface area contributed by atoms with Gasteiger partial charge in [0.25, 0.3) is 0 Å². The van der Waals surface area contributed by atoms with Crippen LogP contribution in [0.2, 0.25) is 0 Å². The summed E-state index contributed by atoms with van der Waals surface area (Å²) >= 11 is 0. The summed E-state index contributed by atoms with van der Waals surface area (Å²) in [5, 5.41) is 18.7. The second-order valence-corrected chi connectivity index (χ2v) is 14.6. The number of para-hydroxylation sites is 2. The molecule has 14 nitrogen and oxygen atoms in total. The normalized spacial score (nSPS) is 18.8. The minimum Gasteiger partial charge on any atom is -0.444 e. The third-order valence-corrected chi connectivity index (χ3v) is 8.64. The van der Waals surface area contributed by atoms with Gasteiger partial charge in [-0.1, -0.05) is 34.7 Å². The number of carbonyl (C=O) groups excluding carboxylic acids is 2. The molecule has 0 saturated carbocycles. The predicted octanol–water partition coefficient (Wildman–Crippen LogP) is 4.76. The number of hydrogen-bond donors (Lipinski definition) is 0. The molecule has 4 aromatic rings. The summed E-state index contributed by atoms with van der Waals surface area (Å²) < 4.78 is 15.5. The van der Waals surface area contributed by atoms with Crippen molar-refractivity contribution in [3.63, 3.8) is 0 Å². The van der Waals surface area contributed by atoms with Crippen molar-refractivity contribution in [2.24, 2.45) is 0 Å². The molecule has 2 amide bonds. The largest absolute Gasteiger partial charge is 0.444 e. The van der Waals surface area contributed by atoms with Crippen LogP contribution >= 0.6 is 0 Å². The van der Waals surface area contributed by atoms with Crippen LogP contribution in [0.4, 0.5) is 9.59 Å². The van der Waals surface area contributed by atoms with Crippen LogP contribution in [0.1, 0.15) is 66.7 Å². The highest BCUT2D eigenvalue weighted by Crippen LogP contribution is 2.35. The van der Waals surface area contributed by atoms with Gasteiger partial charge in [-0.25, -0.2) is 19.0 Å². The van der Waals surface area contributed by atoms with E-state index in [4.69, 9.17) is 19.9 Å². The lowest BCUT2D eigenvalue weighted by Gasteiger charge is -2.41. The van der Waals surface area contributed by atoms with E-state index in [1.807, 2.05) is 99.4 Å². The van der Waals surface area contributed by atoms with E-state index >= 15 is 0 Å². The Balaban J connectivity index is 1.41. The summed E-state index contributed by atoms with van der Waals surface area (Å²) in [5.74, 6) is 0. The van der Waals surface area contributed by atoms with Crippen LogP contribution in [-0.4, -0.2) is 125 Å². The summed E-state index contributed by atoms with van der Waals surface area (Å²) in [7, 11) is 0. The summed E-state index contributed by atoms with van der Waals surface area (Å²) in [5.41, 5.74) is 2.23. The lowest BCUT2D eigenvalue weighted by molar-refractivity contribution is -0.0137. The minimum atomic E-state index is -0.579. The molecule has 0 N–H and O–H groups in total. The molecule has 6 rings (SSSR count). The smallest absolute Gasteiger partial charge is 0.410 e. The van der Waals surface area contributed by atoms with Crippen molar-refractivity contribution in [1.82, 2.24) is 49.6 Å². The number of benzene rings is 2. The highest BCUT2D eigenvalue weighted by atomic mass is 16.6. The zero-order valence-corrected chi connectivity index (χ0v) is 28.9. The van der Waals surface area contributed by atoms with Crippen LogP contribution < -0.4 is 0 Å². The Morgan fingerprint density at radius 1 is 0.583 bits per heavy atom. The molecule has 2 aromatic carbocycles. The molecule has 0 spiro atoms. The van der Waals surface area contributed by atoms with E-state index in [0.29, 0.717) is 52.4 Å². The van der Waals surface area contributed by atoms with Gasteiger partial charge in [0.15, 0.2) is 0 Å². The molecule has 2 aromatic heterocycles. The Kier molecular flexibility index (Phi) is 9.57. The molecule has 0 bridgehead atoms. The first-order valence-electron chi connectivity index (χ1n) is 16.9. The van der Waals surface area contributed by atoms with Crippen LogP contribution in [0.15, 0.2) is 48.5 Å². The first-order valence-corrected chi connectivity index (χ1v) is 16.9. The van der Waals surface area contributed by atoms with Crippen molar-refractivity contribution in [3.05, 3.63) is 48.5 Å². The fraction of sp³-hybridized carbons (Fsp3) is 0.588. The van der Waals surface area contributed by atoms with Crippen molar-refractivity contribution in [2.75, 3.05) is 52.4 Å². The van der Waals surface area contributed by atoms with E-state index in [-0.39, 0.29) is 24.5 Å². The Morgan fingerprint density at radius 3 is 1.38 bits per heavy atom. The quantitative estimate of drug-likeness (QED) is 0.296. The standard InChI is InChI=1S/C34H48N10O4/c1-33(2,3)47-31(45)41-19-11-17-39(21-23-41)29(43-27-15-9-7-13-25(27)35-37-43)30(44-28-16-10-8-14-26(28)36-38-44)40-18-12-20-42(24-22-40)32(46)48-34(4,5)6/h7-10,13-16,29-30H,11-12,17-24H2,1-6H3. The van der Waals surface area contributed by atoms with Gasteiger partial charge in [0, 0.05) is 52.4 Å². The molecule has 258 valence electrons. The Labute approximate surface area is 281 Å². The molecule has 14 heteroatoms. The maximum Gasteiger partial charge on any atom is 0.410 e. The van der Waals surface area contributed by atoms with Gasteiger partial charge in [0.05, 0.1) is 11.0 Å². The molecular weight excluding hydrogens is 612 g/mol. The number of nitrogens with zero attached hydrogens (tertiary/aromatic N) is 10. The van der Waals surface area contributed by atoms with Crippen molar-refractivity contribution in [3.8, 4) is 0 Å². The Hall–Kier alpha value is -4.30. The highest BCUT2D eigenvalue weighted by Gasteiger charge is 2.40. The van der Waals surface area contributed by atoms with E-state index in [1.54, 1.807) is 9.80 Å². The number of ether oxygens (including phenoxy) is 2. The maximum absolute atomic E-state index is 13.2. The second-order valence-electron chi connectivity index (χ2n) is 14.6. The molecular formula is C34H48N10O4. The highest BCUT2D eigenvalue weighted by molar-refractivity contribution is 5.75. The number of fused-ring (bicyclic) bond motifs is 2. The lowest BCUT2D eigenvalue weighted by atomic mass is 10.2. The molecule has 2 atom stereocenters. The summed E-state index contributed by atoms with van der Waals surface area (Å²) in [6, 6.07) is 15.9. The SMILES string of the molecule is CC(C)(C)OC(=O)N1CCCN(C(C(N2CCCN(C(=O)OC(C)(C)C)CC2)n2nnc3ccccc32)n2nnc3ccccc32)CC1. The third kappa shape index (κ3) is 7.54. The van der Waals surface area contributed by atoms with Gasteiger partial charge in [-0.2, -0.15) is 0 Å². The van der Waals surface area contributed by atoms with Crippen molar-refractivity contribution >= 4 is 34.3 Å². The van der Waals surface area contributed by atoms with Crippen LogP contribution in [0.3, 0.4) is 0 Å². The molecule has 0 radical (unpaired) electrons. The van der Waals surface area contributed by atoms with Gasteiger partial charge in [0.1, 0.15) is 34.6 Å². The first-order chi connectivity index (χ1) is 22.9. The molecule has 0 aliphatic carbocycles. The van der Waals surface area contributed by atoms with E-state index < -0.39 is 11.2 Å². The lowest BCUT2D eigenvalue weighted by Crippen LogP contribution is -2.49. The fourth-order valence-electron chi connectivity index (χ4n) is 6.53. The van der Waals surface area contributed by atoms with Crippen molar-refractivity contribution in [1.29, 1.82) is 0 Å².